The fourth-order valence-corrected chi connectivity index (χ4v) is 1.61. The van der Waals surface area contributed by atoms with Gasteiger partial charge >= 0.3 is 0 Å². The Labute approximate surface area is 106 Å². The quantitative estimate of drug-likeness (QED) is 0.678. The van der Waals surface area contributed by atoms with Gasteiger partial charge < -0.3 is 16.4 Å². The number of carbonyl (C=O) groups is 2. The molecule has 0 aliphatic heterocycles. The Morgan fingerprint density at radius 1 is 1.44 bits per heavy atom. The molecule has 0 fully saturated rings. The van der Waals surface area contributed by atoms with Gasteiger partial charge in [0.1, 0.15) is 0 Å². The van der Waals surface area contributed by atoms with Crippen molar-refractivity contribution in [2.45, 2.75) is 33.2 Å². The molecule has 1 rings (SSSR count). The number of nitrogen functional groups attached to an aromatic ring is 1. The van der Waals surface area contributed by atoms with Crippen LogP contribution in [0.4, 0.5) is 5.69 Å². The summed E-state index contributed by atoms with van der Waals surface area (Å²) in [5.41, 5.74) is 12.1. The van der Waals surface area contributed by atoms with E-state index in [1.165, 1.54) is 4.90 Å². The van der Waals surface area contributed by atoms with E-state index in [4.69, 9.17) is 11.5 Å². The van der Waals surface area contributed by atoms with Gasteiger partial charge in [0.05, 0.1) is 17.9 Å². The van der Waals surface area contributed by atoms with Crippen LogP contribution in [0.3, 0.4) is 0 Å². The number of primary amides is 1. The molecule has 0 bridgehead atoms. The van der Waals surface area contributed by atoms with Crippen molar-refractivity contribution in [2.24, 2.45) is 5.73 Å². The second kappa shape index (κ2) is 5.52. The van der Waals surface area contributed by atoms with Crippen molar-refractivity contribution < 1.29 is 9.59 Å². The van der Waals surface area contributed by atoms with E-state index in [2.05, 4.69) is 10.2 Å². The van der Waals surface area contributed by atoms with Crippen LogP contribution in [-0.4, -0.2) is 39.5 Å². The summed E-state index contributed by atoms with van der Waals surface area (Å²) >= 11 is 0. The van der Waals surface area contributed by atoms with Gasteiger partial charge in [0.2, 0.25) is 5.91 Å². The molecule has 0 unspecified atom stereocenters. The number of H-pyrrole nitrogens is 1. The van der Waals surface area contributed by atoms with Crippen LogP contribution in [-0.2, 0) is 11.2 Å². The maximum atomic E-state index is 12.2. The van der Waals surface area contributed by atoms with Gasteiger partial charge in [0.15, 0.2) is 5.69 Å². The Morgan fingerprint density at radius 3 is 2.44 bits per heavy atom. The third-order valence-corrected chi connectivity index (χ3v) is 2.65. The maximum absolute atomic E-state index is 12.2. The van der Waals surface area contributed by atoms with E-state index >= 15 is 0 Å². The molecular formula is C11H19N5O2. The number of aryl methyl sites for hydroxylation is 1. The number of nitrogens with two attached hydrogens (primary N) is 2. The van der Waals surface area contributed by atoms with Crippen LogP contribution in [0.15, 0.2) is 0 Å². The SMILES string of the molecule is CCc1[nH]nc(C(=O)N(CC(N)=O)C(C)C)c1N. The van der Waals surface area contributed by atoms with Crippen LogP contribution in [0, 0.1) is 0 Å². The largest absolute Gasteiger partial charge is 0.395 e. The molecule has 1 heterocycles. The summed E-state index contributed by atoms with van der Waals surface area (Å²) in [6.07, 6.45) is 0.656. The predicted molar refractivity (Wildman–Crippen MR) is 67.7 cm³/mol. The molecule has 100 valence electrons. The number of aromatic nitrogens is 2. The summed E-state index contributed by atoms with van der Waals surface area (Å²) in [5.74, 6) is -0.959. The van der Waals surface area contributed by atoms with Gasteiger partial charge in [0, 0.05) is 6.04 Å². The highest BCUT2D eigenvalue weighted by molar-refractivity contribution is 5.99. The van der Waals surface area contributed by atoms with Crippen LogP contribution in [0.25, 0.3) is 0 Å². The molecule has 5 N–H and O–H groups in total. The summed E-state index contributed by atoms with van der Waals surface area (Å²) in [5, 5.41) is 6.62. The van der Waals surface area contributed by atoms with Gasteiger partial charge in [-0.15, -0.1) is 0 Å². The molecule has 0 radical (unpaired) electrons. The first kappa shape index (κ1) is 14.0. The van der Waals surface area contributed by atoms with Gasteiger partial charge in [-0.25, -0.2) is 0 Å². The normalized spacial score (nSPS) is 10.7. The van der Waals surface area contributed by atoms with Gasteiger partial charge in [-0.2, -0.15) is 5.10 Å². The monoisotopic (exact) mass is 253 g/mol. The lowest BCUT2D eigenvalue weighted by atomic mass is 10.2. The molecule has 0 saturated heterocycles. The lowest BCUT2D eigenvalue weighted by Crippen LogP contribution is -2.43. The summed E-state index contributed by atoms with van der Waals surface area (Å²) in [4.78, 5) is 24.5. The summed E-state index contributed by atoms with van der Waals surface area (Å²) in [6, 6.07) is -0.161. The number of carbonyl (C=O) groups excluding carboxylic acids is 2. The second-order valence-corrected chi connectivity index (χ2v) is 4.31. The summed E-state index contributed by atoms with van der Waals surface area (Å²) in [6.45, 7) is 5.35. The van der Waals surface area contributed by atoms with Crippen LogP contribution >= 0.6 is 0 Å². The molecular weight excluding hydrogens is 234 g/mol. The van der Waals surface area contributed by atoms with Crippen LogP contribution in [0.2, 0.25) is 0 Å². The smallest absolute Gasteiger partial charge is 0.277 e. The van der Waals surface area contributed by atoms with E-state index in [0.29, 0.717) is 17.8 Å². The Hall–Kier alpha value is -2.05. The van der Waals surface area contributed by atoms with Crippen molar-refractivity contribution in [2.75, 3.05) is 12.3 Å². The molecule has 0 spiro atoms. The zero-order valence-electron chi connectivity index (χ0n) is 10.9. The van der Waals surface area contributed by atoms with Crippen molar-refractivity contribution in [1.82, 2.24) is 15.1 Å². The summed E-state index contributed by atoms with van der Waals surface area (Å²) in [7, 11) is 0. The molecule has 2 amide bonds. The Balaban J connectivity index is 3.02. The number of anilines is 1. The van der Waals surface area contributed by atoms with Crippen molar-refractivity contribution >= 4 is 17.5 Å². The van der Waals surface area contributed by atoms with Gasteiger partial charge in [-0.1, -0.05) is 6.92 Å². The van der Waals surface area contributed by atoms with Crippen LogP contribution in [0.1, 0.15) is 37.0 Å². The number of nitrogens with one attached hydrogen (secondary N) is 1. The Bertz CT molecular complexity index is 452. The summed E-state index contributed by atoms with van der Waals surface area (Å²) < 4.78 is 0. The van der Waals surface area contributed by atoms with E-state index in [-0.39, 0.29) is 18.3 Å². The third-order valence-electron chi connectivity index (χ3n) is 2.65. The molecule has 0 aliphatic rings. The molecule has 0 aromatic carbocycles. The molecule has 0 atom stereocenters. The van der Waals surface area contributed by atoms with Gasteiger partial charge in [-0.3, -0.25) is 14.7 Å². The molecule has 1 aromatic heterocycles. The minimum Gasteiger partial charge on any atom is -0.395 e. The van der Waals surface area contributed by atoms with E-state index in [0.717, 1.165) is 0 Å². The van der Waals surface area contributed by atoms with Crippen molar-refractivity contribution in [3.63, 3.8) is 0 Å². The minimum absolute atomic E-state index is 0.141. The van der Waals surface area contributed by atoms with Crippen molar-refractivity contribution in [3.05, 3.63) is 11.4 Å². The molecule has 18 heavy (non-hydrogen) atoms. The third kappa shape index (κ3) is 2.79. The molecule has 7 nitrogen and oxygen atoms in total. The first-order chi connectivity index (χ1) is 8.38. The standard InChI is InChI=1S/C11H19N5O2/c1-4-7-9(13)10(15-14-7)11(18)16(6(2)3)5-8(12)17/h6H,4-5,13H2,1-3H3,(H2,12,17)(H,14,15). The van der Waals surface area contributed by atoms with E-state index in [1.54, 1.807) is 13.8 Å². The lowest BCUT2D eigenvalue weighted by Gasteiger charge is -2.24. The highest BCUT2D eigenvalue weighted by Gasteiger charge is 2.25. The molecule has 0 saturated carbocycles. The van der Waals surface area contributed by atoms with E-state index < -0.39 is 11.8 Å². The second-order valence-electron chi connectivity index (χ2n) is 4.31. The maximum Gasteiger partial charge on any atom is 0.277 e. The van der Waals surface area contributed by atoms with Crippen molar-refractivity contribution in [1.29, 1.82) is 0 Å². The molecule has 7 heteroatoms. The highest BCUT2D eigenvalue weighted by atomic mass is 16.2. The van der Waals surface area contributed by atoms with Gasteiger partial charge in [-0.05, 0) is 20.3 Å². The molecule has 0 aliphatic carbocycles. The number of hydrogen-bond donors (Lipinski definition) is 3. The fraction of sp³-hybridized carbons (Fsp3) is 0.545. The zero-order chi connectivity index (χ0) is 13.9. The van der Waals surface area contributed by atoms with Gasteiger partial charge in [0.25, 0.3) is 5.91 Å². The van der Waals surface area contributed by atoms with Crippen LogP contribution in [0.5, 0.6) is 0 Å². The zero-order valence-corrected chi connectivity index (χ0v) is 10.9. The first-order valence-electron chi connectivity index (χ1n) is 5.80. The Kier molecular flexibility index (Phi) is 4.30. The number of rotatable bonds is 5. The number of amides is 2. The average Bonchev–Trinajstić information content (AvgIpc) is 2.65. The van der Waals surface area contributed by atoms with Crippen LogP contribution < -0.4 is 11.5 Å². The lowest BCUT2D eigenvalue weighted by molar-refractivity contribution is -0.119. The van der Waals surface area contributed by atoms with Crippen molar-refractivity contribution in [3.8, 4) is 0 Å². The number of nitrogens with zero attached hydrogens (tertiary/aromatic N) is 2. The highest BCUT2D eigenvalue weighted by Crippen LogP contribution is 2.17. The first-order valence-corrected chi connectivity index (χ1v) is 5.80. The minimum atomic E-state index is -0.568. The topological polar surface area (TPSA) is 118 Å². The fourth-order valence-electron chi connectivity index (χ4n) is 1.61. The Morgan fingerprint density at radius 2 is 2.06 bits per heavy atom. The van der Waals surface area contributed by atoms with E-state index in [9.17, 15) is 9.59 Å². The average molecular weight is 253 g/mol. The number of aromatic amines is 1. The number of hydrogen-bond acceptors (Lipinski definition) is 4. The predicted octanol–water partition coefficient (Wildman–Crippen LogP) is -0.110. The van der Waals surface area contributed by atoms with E-state index in [1.807, 2.05) is 6.92 Å². The molecule has 1 aromatic rings.